The second-order valence-corrected chi connectivity index (χ2v) is 6.06. The number of likely N-dealkylation sites (tertiary alicyclic amines) is 1. The van der Waals surface area contributed by atoms with Crippen LogP contribution in [0.5, 0.6) is 0 Å². The molecule has 0 aliphatic carbocycles. The Labute approximate surface area is 131 Å². The van der Waals surface area contributed by atoms with Crippen LogP contribution in [0.2, 0.25) is 0 Å². The minimum absolute atomic E-state index is 0.121. The molecule has 3 N–H and O–H groups in total. The van der Waals surface area contributed by atoms with E-state index in [1.165, 1.54) is 12.1 Å². The Balaban J connectivity index is 1.91. The fraction of sp³-hybridized carbons (Fsp3) is 0.429. The molecule has 1 aliphatic heterocycles. The second kappa shape index (κ2) is 6.91. The van der Waals surface area contributed by atoms with Gasteiger partial charge in [-0.15, -0.1) is 0 Å². The molecule has 1 aromatic carbocycles. The first-order valence-corrected chi connectivity index (χ1v) is 7.54. The van der Waals surface area contributed by atoms with Gasteiger partial charge in [-0.05, 0) is 44.6 Å². The number of carbonyl (C=O) groups is 2. The highest BCUT2D eigenvalue weighted by Gasteiger charge is 2.21. The minimum Gasteiger partial charge on any atom is -0.478 e. The van der Waals surface area contributed by atoms with Gasteiger partial charge in [0.15, 0.2) is 0 Å². The van der Waals surface area contributed by atoms with E-state index in [2.05, 4.69) is 31.5 Å². The van der Waals surface area contributed by atoms with E-state index in [-0.39, 0.29) is 11.6 Å². The van der Waals surface area contributed by atoms with Crippen molar-refractivity contribution < 1.29 is 14.7 Å². The predicted octanol–water partition coefficient (Wildman–Crippen LogP) is 2.36. The standard InChI is InChI=1S/C14H18BrN3O3/c1-18-4-2-3-12(18)8-16-14(21)17-11-6-9(13(19)20)5-10(15)7-11/h5-7,12H,2-4,8H2,1H3,(H,19,20)(H2,16,17,21). The summed E-state index contributed by atoms with van der Waals surface area (Å²) < 4.78 is 0.605. The number of carboxylic acids is 1. The molecule has 1 atom stereocenters. The van der Waals surface area contributed by atoms with Gasteiger partial charge in [-0.25, -0.2) is 9.59 Å². The zero-order chi connectivity index (χ0) is 15.4. The van der Waals surface area contributed by atoms with Gasteiger partial charge in [0.05, 0.1) is 5.56 Å². The molecule has 1 unspecified atom stereocenters. The average Bonchev–Trinajstić information content (AvgIpc) is 2.81. The first-order chi connectivity index (χ1) is 9.95. The number of nitrogens with zero attached hydrogens (tertiary/aromatic N) is 1. The highest BCUT2D eigenvalue weighted by atomic mass is 79.9. The zero-order valence-electron chi connectivity index (χ0n) is 11.7. The van der Waals surface area contributed by atoms with Crippen LogP contribution in [0.15, 0.2) is 22.7 Å². The summed E-state index contributed by atoms with van der Waals surface area (Å²) in [5, 5.41) is 14.5. The molecule has 0 radical (unpaired) electrons. The number of urea groups is 1. The smallest absolute Gasteiger partial charge is 0.335 e. The van der Waals surface area contributed by atoms with Crippen LogP contribution >= 0.6 is 15.9 Å². The third-order valence-corrected chi connectivity index (χ3v) is 4.03. The van der Waals surface area contributed by atoms with Gasteiger partial charge in [-0.1, -0.05) is 15.9 Å². The number of rotatable bonds is 4. The van der Waals surface area contributed by atoms with Crippen LogP contribution in [0.1, 0.15) is 23.2 Å². The molecule has 0 aromatic heterocycles. The number of benzene rings is 1. The molecular formula is C14H18BrN3O3. The van der Waals surface area contributed by atoms with E-state index in [0.29, 0.717) is 22.7 Å². The second-order valence-electron chi connectivity index (χ2n) is 5.15. The van der Waals surface area contributed by atoms with E-state index in [0.717, 1.165) is 19.4 Å². The molecule has 2 amide bonds. The van der Waals surface area contributed by atoms with E-state index in [1.807, 2.05) is 7.05 Å². The van der Waals surface area contributed by atoms with Crippen LogP contribution in [-0.4, -0.2) is 48.2 Å². The quantitative estimate of drug-likeness (QED) is 0.774. The maximum atomic E-state index is 11.9. The van der Waals surface area contributed by atoms with Crippen LogP contribution in [0.3, 0.4) is 0 Å². The molecule has 0 saturated carbocycles. The molecule has 7 heteroatoms. The Kier molecular flexibility index (Phi) is 5.19. The van der Waals surface area contributed by atoms with E-state index in [4.69, 9.17) is 5.11 Å². The van der Waals surface area contributed by atoms with Crippen molar-refractivity contribution in [3.63, 3.8) is 0 Å². The normalized spacial score (nSPS) is 18.5. The molecule has 1 heterocycles. The molecule has 1 aromatic rings. The molecule has 1 fully saturated rings. The highest BCUT2D eigenvalue weighted by molar-refractivity contribution is 9.10. The van der Waals surface area contributed by atoms with Gasteiger partial charge in [-0.2, -0.15) is 0 Å². The summed E-state index contributed by atoms with van der Waals surface area (Å²) in [5.41, 5.74) is 0.564. The van der Waals surface area contributed by atoms with E-state index < -0.39 is 5.97 Å². The summed E-state index contributed by atoms with van der Waals surface area (Å²) in [5.74, 6) is -1.03. The average molecular weight is 356 g/mol. The van der Waals surface area contributed by atoms with Gasteiger partial charge in [0.25, 0.3) is 0 Å². The van der Waals surface area contributed by atoms with Crippen LogP contribution < -0.4 is 10.6 Å². The Morgan fingerprint density at radius 2 is 2.19 bits per heavy atom. The summed E-state index contributed by atoms with van der Waals surface area (Å²) in [6.45, 7) is 1.64. The summed E-state index contributed by atoms with van der Waals surface area (Å²) in [4.78, 5) is 25.1. The van der Waals surface area contributed by atoms with E-state index in [1.54, 1.807) is 6.07 Å². The lowest BCUT2D eigenvalue weighted by atomic mass is 10.2. The number of halogens is 1. The molecule has 6 nitrogen and oxygen atoms in total. The number of amides is 2. The first kappa shape index (κ1) is 15.8. The SMILES string of the molecule is CN1CCCC1CNC(=O)Nc1cc(Br)cc(C(=O)O)c1. The fourth-order valence-corrected chi connectivity index (χ4v) is 2.90. The van der Waals surface area contributed by atoms with Crippen molar-refractivity contribution in [3.8, 4) is 0 Å². The third-order valence-electron chi connectivity index (χ3n) is 3.57. The Bertz CT molecular complexity index is 550. The van der Waals surface area contributed by atoms with Crippen LogP contribution in [0, 0.1) is 0 Å². The van der Waals surface area contributed by atoms with Crippen LogP contribution in [-0.2, 0) is 0 Å². The number of likely N-dealkylation sites (N-methyl/N-ethyl adjacent to an activating group) is 1. The zero-order valence-corrected chi connectivity index (χ0v) is 13.3. The summed E-state index contributed by atoms with van der Waals surface area (Å²) >= 11 is 3.23. The number of carboxylic acid groups (broad SMARTS) is 1. The topological polar surface area (TPSA) is 81.7 Å². The van der Waals surface area contributed by atoms with Crippen LogP contribution in [0.4, 0.5) is 10.5 Å². The molecule has 2 rings (SSSR count). The van der Waals surface area contributed by atoms with Crippen molar-refractivity contribution in [2.24, 2.45) is 0 Å². The van der Waals surface area contributed by atoms with Crippen molar-refractivity contribution in [1.29, 1.82) is 0 Å². The number of hydrogen-bond donors (Lipinski definition) is 3. The molecule has 1 saturated heterocycles. The maximum absolute atomic E-state index is 11.9. The first-order valence-electron chi connectivity index (χ1n) is 6.74. The van der Waals surface area contributed by atoms with Gasteiger partial charge in [0, 0.05) is 22.7 Å². The molecule has 1 aliphatic rings. The Hall–Kier alpha value is -1.60. The summed E-state index contributed by atoms with van der Waals surface area (Å²) in [6.07, 6.45) is 2.23. The number of nitrogens with one attached hydrogen (secondary N) is 2. The maximum Gasteiger partial charge on any atom is 0.335 e. The van der Waals surface area contributed by atoms with Crippen molar-refractivity contribution >= 4 is 33.6 Å². The predicted molar refractivity (Wildman–Crippen MR) is 83.8 cm³/mol. The molecule has 114 valence electrons. The van der Waals surface area contributed by atoms with Crippen molar-refractivity contribution in [3.05, 3.63) is 28.2 Å². The van der Waals surface area contributed by atoms with Gasteiger partial charge in [-0.3, -0.25) is 0 Å². The lowest BCUT2D eigenvalue weighted by Gasteiger charge is -2.19. The van der Waals surface area contributed by atoms with E-state index in [9.17, 15) is 9.59 Å². The van der Waals surface area contributed by atoms with Gasteiger partial charge < -0.3 is 20.6 Å². The molecule has 0 bridgehead atoms. The summed E-state index contributed by atoms with van der Waals surface area (Å²) in [6, 6.07) is 4.61. The largest absolute Gasteiger partial charge is 0.478 e. The molecule has 0 spiro atoms. The van der Waals surface area contributed by atoms with Gasteiger partial charge >= 0.3 is 12.0 Å². The Morgan fingerprint density at radius 3 is 2.81 bits per heavy atom. The van der Waals surface area contributed by atoms with E-state index >= 15 is 0 Å². The van der Waals surface area contributed by atoms with Crippen molar-refractivity contribution in [2.45, 2.75) is 18.9 Å². The highest BCUT2D eigenvalue weighted by Crippen LogP contribution is 2.20. The fourth-order valence-electron chi connectivity index (χ4n) is 2.41. The third kappa shape index (κ3) is 4.44. The summed E-state index contributed by atoms with van der Waals surface area (Å²) in [7, 11) is 2.05. The van der Waals surface area contributed by atoms with Gasteiger partial charge in [0.2, 0.25) is 0 Å². The molecule has 21 heavy (non-hydrogen) atoms. The lowest BCUT2D eigenvalue weighted by molar-refractivity contribution is 0.0697. The van der Waals surface area contributed by atoms with Gasteiger partial charge in [0.1, 0.15) is 0 Å². The number of aromatic carboxylic acids is 1. The lowest BCUT2D eigenvalue weighted by Crippen LogP contribution is -2.40. The number of anilines is 1. The van der Waals surface area contributed by atoms with Crippen molar-refractivity contribution in [1.82, 2.24) is 10.2 Å². The number of carbonyl (C=O) groups excluding carboxylic acids is 1. The Morgan fingerprint density at radius 1 is 1.43 bits per heavy atom. The number of hydrogen-bond acceptors (Lipinski definition) is 3. The minimum atomic E-state index is -1.03. The monoisotopic (exact) mass is 355 g/mol. The van der Waals surface area contributed by atoms with Crippen LogP contribution in [0.25, 0.3) is 0 Å². The van der Waals surface area contributed by atoms with Crippen molar-refractivity contribution in [2.75, 3.05) is 25.5 Å². The molecular weight excluding hydrogens is 338 g/mol.